The van der Waals surface area contributed by atoms with Crippen LogP contribution < -0.4 is 10.2 Å². The van der Waals surface area contributed by atoms with Gasteiger partial charge in [-0.1, -0.05) is 0 Å². The van der Waals surface area contributed by atoms with Gasteiger partial charge in [0.05, 0.1) is 17.4 Å². The number of hydrogen-bond donors (Lipinski definition) is 1. The molecular formula is C11H15N3O. The molecule has 0 aliphatic carbocycles. The van der Waals surface area contributed by atoms with Crippen molar-refractivity contribution >= 4 is 11.6 Å². The van der Waals surface area contributed by atoms with Crippen molar-refractivity contribution in [3.63, 3.8) is 0 Å². The van der Waals surface area contributed by atoms with Gasteiger partial charge in [0.2, 0.25) is 5.91 Å². The Morgan fingerprint density at radius 1 is 1.53 bits per heavy atom. The van der Waals surface area contributed by atoms with Crippen molar-refractivity contribution in [2.45, 2.75) is 19.4 Å². The number of nitrogens with one attached hydrogen (secondary N) is 1. The average molecular weight is 205 g/mol. The molecule has 0 bridgehead atoms. The number of nitrogens with zero attached hydrogens (tertiary/aromatic N) is 2. The number of pyridine rings is 1. The molecule has 1 N–H and O–H groups in total. The molecule has 0 unspecified atom stereocenters. The maximum atomic E-state index is 12.1. The predicted octanol–water partition coefficient (Wildman–Crippen LogP) is 0.796. The highest BCUT2D eigenvalue weighted by molar-refractivity contribution is 6.00. The van der Waals surface area contributed by atoms with E-state index in [4.69, 9.17) is 0 Å². The van der Waals surface area contributed by atoms with Gasteiger partial charge in [-0.2, -0.15) is 0 Å². The highest BCUT2D eigenvalue weighted by Crippen LogP contribution is 2.19. The Bertz CT molecular complexity index is 361. The highest BCUT2D eigenvalue weighted by Gasteiger charge is 2.35. The zero-order chi connectivity index (χ0) is 10.9. The summed E-state index contributed by atoms with van der Waals surface area (Å²) < 4.78 is 0. The fourth-order valence-corrected chi connectivity index (χ4v) is 1.75. The number of hydrogen-bond acceptors (Lipinski definition) is 3. The lowest BCUT2D eigenvalue weighted by atomic mass is 10.0. The molecule has 15 heavy (non-hydrogen) atoms. The van der Waals surface area contributed by atoms with Gasteiger partial charge in [-0.15, -0.1) is 0 Å². The molecule has 1 amide bonds. The number of rotatable bonds is 1. The van der Waals surface area contributed by atoms with Crippen molar-refractivity contribution in [2.24, 2.45) is 0 Å². The zero-order valence-corrected chi connectivity index (χ0v) is 9.03. The van der Waals surface area contributed by atoms with Gasteiger partial charge in [-0.25, -0.2) is 0 Å². The van der Waals surface area contributed by atoms with Crippen molar-refractivity contribution in [1.29, 1.82) is 0 Å². The standard InChI is InChI=1S/C11H15N3O/c1-11(2)10(15)14(7-6-13-11)9-4-3-5-12-8-9/h3-5,8,13H,6-7H2,1-2H3. The normalized spacial score (nSPS) is 20.4. The first-order valence-corrected chi connectivity index (χ1v) is 5.08. The van der Waals surface area contributed by atoms with Crippen molar-refractivity contribution < 1.29 is 4.79 Å². The number of piperazine rings is 1. The quantitative estimate of drug-likeness (QED) is 0.737. The van der Waals surface area contributed by atoms with Crippen LogP contribution in [0.25, 0.3) is 0 Å². The number of amides is 1. The van der Waals surface area contributed by atoms with E-state index in [-0.39, 0.29) is 5.91 Å². The Labute approximate surface area is 89.3 Å². The van der Waals surface area contributed by atoms with E-state index < -0.39 is 5.54 Å². The van der Waals surface area contributed by atoms with Gasteiger partial charge in [0.1, 0.15) is 0 Å². The lowest BCUT2D eigenvalue weighted by Crippen LogP contribution is -2.61. The van der Waals surface area contributed by atoms with E-state index in [1.807, 2.05) is 26.0 Å². The smallest absolute Gasteiger partial charge is 0.246 e. The van der Waals surface area contributed by atoms with E-state index in [9.17, 15) is 4.79 Å². The van der Waals surface area contributed by atoms with Crippen LogP contribution in [0.2, 0.25) is 0 Å². The van der Waals surface area contributed by atoms with Gasteiger partial charge < -0.3 is 10.2 Å². The molecule has 1 aromatic rings. The molecule has 1 saturated heterocycles. The molecular weight excluding hydrogens is 190 g/mol. The largest absolute Gasteiger partial charge is 0.308 e. The van der Waals surface area contributed by atoms with Crippen LogP contribution in [0.5, 0.6) is 0 Å². The number of anilines is 1. The van der Waals surface area contributed by atoms with E-state index in [0.29, 0.717) is 6.54 Å². The second-order valence-electron chi connectivity index (χ2n) is 4.22. The Hall–Kier alpha value is -1.42. The number of carbonyl (C=O) groups excluding carboxylic acids is 1. The fraction of sp³-hybridized carbons (Fsp3) is 0.455. The van der Waals surface area contributed by atoms with Crippen molar-refractivity contribution in [2.75, 3.05) is 18.0 Å². The zero-order valence-electron chi connectivity index (χ0n) is 9.03. The number of aromatic nitrogens is 1. The summed E-state index contributed by atoms with van der Waals surface area (Å²) in [5.41, 5.74) is 0.394. The molecule has 0 spiro atoms. The first-order chi connectivity index (χ1) is 7.11. The summed E-state index contributed by atoms with van der Waals surface area (Å²) >= 11 is 0. The minimum absolute atomic E-state index is 0.0988. The summed E-state index contributed by atoms with van der Waals surface area (Å²) in [5, 5.41) is 3.20. The van der Waals surface area contributed by atoms with E-state index in [0.717, 1.165) is 12.2 Å². The summed E-state index contributed by atoms with van der Waals surface area (Å²) in [6, 6.07) is 3.75. The Morgan fingerprint density at radius 3 is 3.00 bits per heavy atom. The minimum Gasteiger partial charge on any atom is -0.308 e. The first kappa shape index (κ1) is 10.1. The fourth-order valence-electron chi connectivity index (χ4n) is 1.75. The van der Waals surface area contributed by atoms with Gasteiger partial charge in [0.15, 0.2) is 0 Å². The van der Waals surface area contributed by atoms with Crippen LogP contribution in [0, 0.1) is 0 Å². The maximum Gasteiger partial charge on any atom is 0.246 e. The summed E-state index contributed by atoms with van der Waals surface area (Å²) in [7, 11) is 0. The third kappa shape index (κ3) is 1.85. The van der Waals surface area contributed by atoms with Crippen molar-refractivity contribution in [1.82, 2.24) is 10.3 Å². The van der Waals surface area contributed by atoms with Crippen LogP contribution in [-0.2, 0) is 4.79 Å². The second-order valence-corrected chi connectivity index (χ2v) is 4.22. The molecule has 0 radical (unpaired) electrons. The molecule has 2 rings (SSSR count). The van der Waals surface area contributed by atoms with Crippen LogP contribution in [0.3, 0.4) is 0 Å². The topological polar surface area (TPSA) is 45.2 Å². The average Bonchev–Trinajstić information content (AvgIpc) is 2.23. The Balaban J connectivity index is 2.27. The molecule has 80 valence electrons. The molecule has 1 aliphatic rings. The molecule has 4 nitrogen and oxygen atoms in total. The second kappa shape index (κ2) is 3.62. The van der Waals surface area contributed by atoms with Gasteiger partial charge >= 0.3 is 0 Å². The van der Waals surface area contributed by atoms with Crippen LogP contribution >= 0.6 is 0 Å². The van der Waals surface area contributed by atoms with Gasteiger partial charge in [0.25, 0.3) is 0 Å². The van der Waals surface area contributed by atoms with E-state index in [2.05, 4.69) is 10.3 Å². The highest BCUT2D eigenvalue weighted by atomic mass is 16.2. The molecule has 4 heteroatoms. The van der Waals surface area contributed by atoms with Crippen LogP contribution in [0.1, 0.15) is 13.8 Å². The van der Waals surface area contributed by atoms with Gasteiger partial charge in [0, 0.05) is 19.3 Å². The molecule has 2 heterocycles. The number of carbonyl (C=O) groups is 1. The third-order valence-electron chi connectivity index (χ3n) is 2.64. The molecule has 0 atom stereocenters. The predicted molar refractivity (Wildman–Crippen MR) is 58.7 cm³/mol. The van der Waals surface area contributed by atoms with Crippen molar-refractivity contribution in [3.05, 3.63) is 24.5 Å². The van der Waals surface area contributed by atoms with Crippen LogP contribution in [0.4, 0.5) is 5.69 Å². The van der Waals surface area contributed by atoms with E-state index >= 15 is 0 Å². The summed E-state index contributed by atoms with van der Waals surface area (Å²) in [4.78, 5) is 17.9. The van der Waals surface area contributed by atoms with Gasteiger partial charge in [-0.05, 0) is 26.0 Å². The minimum atomic E-state index is -0.478. The molecule has 1 aliphatic heterocycles. The summed E-state index contributed by atoms with van der Waals surface area (Å²) in [6.07, 6.45) is 3.43. The van der Waals surface area contributed by atoms with Crippen LogP contribution in [-0.4, -0.2) is 29.5 Å². The Morgan fingerprint density at radius 2 is 2.33 bits per heavy atom. The molecule has 0 saturated carbocycles. The summed E-state index contributed by atoms with van der Waals surface area (Å²) in [5.74, 6) is 0.0988. The maximum absolute atomic E-state index is 12.1. The van der Waals surface area contributed by atoms with E-state index in [1.165, 1.54) is 0 Å². The Kier molecular flexibility index (Phi) is 2.44. The first-order valence-electron chi connectivity index (χ1n) is 5.08. The lowest BCUT2D eigenvalue weighted by Gasteiger charge is -2.37. The monoisotopic (exact) mass is 205 g/mol. The SMILES string of the molecule is CC1(C)NCCN(c2cccnc2)C1=O. The molecule has 1 aromatic heterocycles. The molecule has 0 aromatic carbocycles. The van der Waals surface area contributed by atoms with E-state index in [1.54, 1.807) is 17.3 Å². The van der Waals surface area contributed by atoms with Crippen LogP contribution in [0.15, 0.2) is 24.5 Å². The molecule has 1 fully saturated rings. The van der Waals surface area contributed by atoms with Crippen molar-refractivity contribution in [3.8, 4) is 0 Å². The third-order valence-corrected chi connectivity index (χ3v) is 2.64. The summed E-state index contributed by atoms with van der Waals surface area (Å²) in [6.45, 7) is 5.32. The van der Waals surface area contributed by atoms with Gasteiger partial charge in [-0.3, -0.25) is 9.78 Å². The lowest BCUT2D eigenvalue weighted by molar-refractivity contribution is -0.124.